The van der Waals surface area contributed by atoms with E-state index in [1.165, 1.54) is 24.3 Å². The number of aromatic hydroxyl groups is 1. The average molecular weight is 613 g/mol. The smallest absolute Gasteiger partial charge is 0.326 e. The fourth-order valence-electron chi connectivity index (χ4n) is 4.18. The van der Waals surface area contributed by atoms with Gasteiger partial charge in [0.15, 0.2) is 5.96 Å². The van der Waals surface area contributed by atoms with Crippen LogP contribution in [0.1, 0.15) is 36.8 Å². The first-order valence-corrected chi connectivity index (χ1v) is 13.9. The molecule has 0 spiro atoms. The van der Waals surface area contributed by atoms with Crippen LogP contribution in [0.25, 0.3) is 0 Å². The van der Waals surface area contributed by atoms with Crippen molar-refractivity contribution in [3.8, 4) is 5.75 Å². The number of hydrogen-bond acceptors (Lipinski definition) is 8. The van der Waals surface area contributed by atoms with Crippen molar-refractivity contribution in [3.63, 3.8) is 0 Å². The van der Waals surface area contributed by atoms with E-state index in [0.29, 0.717) is 5.56 Å². The predicted molar refractivity (Wildman–Crippen MR) is 162 cm³/mol. The first-order chi connectivity index (χ1) is 20.8. The SMILES string of the molecule is NC(=O)CCC(NC(=O)C(Cc1ccc(O)cc1)NC(=O)C(CCCN=C(N)N)NC(=O)C(N)Cc1ccccc1)C(=O)O. The molecule has 0 aromatic heterocycles. The van der Waals surface area contributed by atoms with E-state index in [9.17, 15) is 34.2 Å². The molecule has 4 amide bonds. The number of carbonyl (C=O) groups is 5. The maximum absolute atomic E-state index is 13.5. The molecule has 44 heavy (non-hydrogen) atoms. The third-order valence-corrected chi connectivity index (χ3v) is 6.52. The molecular formula is C29H40N8O7. The molecule has 13 N–H and O–H groups in total. The summed E-state index contributed by atoms with van der Waals surface area (Å²) in [4.78, 5) is 66.6. The number of primary amides is 1. The number of aliphatic carboxylic acids is 1. The van der Waals surface area contributed by atoms with Crippen molar-refractivity contribution in [2.75, 3.05) is 6.54 Å². The summed E-state index contributed by atoms with van der Waals surface area (Å²) in [6.45, 7) is 0.162. The van der Waals surface area contributed by atoms with E-state index in [1.807, 2.05) is 30.3 Å². The molecule has 238 valence electrons. The highest BCUT2D eigenvalue weighted by Crippen LogP contribution is 2.13. The van der Waals surface area contributed by atoms with Gasteiger partial charge in [0.25, 0.3) is 0 Å². The lowest BCUT2D eigenvalue weighted by Gasteiger charge is -2.25. The van der Waals surface area contributed by atoms with E-state index in [1.54, 1.807) is 0 Å². The third-order valence-electron chi connectivity index (χ3n) is 6.52. The quantitative estimate of drug-likeness (QED) is 0.0526. The molecule has 0 saturated carbocycles. The number of phenols is 1. The largest absolute Gasteiger partial charge is 0.508 e. The van der Waals surface area contributed by atoms with E-state index < -0.39 is 53.8 Å². The van der Waals surface area contributed by atoms with Gasteiger partial charge in [0, 0.05) is 19.4 Å². The van der Waals surface area contributed by atoms with Crippen molar-refractivity contribution in [2.24, 2.45) is 27.9 Å². The fourth-order valence-corrected chi connectivity index (χ4v) is 4.18. The van der Waals surface area contributed by atoms with E-state index in [4.69, 9.17) is 22.9 Å². The number of benzene rings is 2. The minimum absolute atomic E-state index is 0.0217. The molecular weight excluding hydrogens is 572 g/mol. The molecule has 2 aromatic carbocycles. The van der Waals surface area contributed by atoms with Crippen molar-refractivity contribution in [2.45, 2.75) is 62.7 Å². The Balaban J connectivity index is 2.26. The van der Waals surface area contributed by atoms with Crippen molar-refractivity contribution in [3.05, 3.63) is 65.7 Å². The van der Waals surface area contributed by atoms with Gasteiger partial charge in [0.2, 0.25) is 23.6 Å². The summed E-state index contributed by atoms with van der Waals surface area (Å²) in [7, 11) is 0. The van der Waals surface area contributed by atoms with Gasteiger partial charge < -0.3 is 49.1 Å². The first kappa shape index (κ1) is 35.0. The lowest BCUT2D eigenvalue weighted by atomic mass is 10.0. The van der Waals surface area contributed by atoms with Gasteiger partial charge in [-0.25, -0.2) is 4.79 Å². The molecule has 0 aliphatic carbocycles. The number of carbonyl (C=O) groups excluding carboxylic acids is 4. The van der Waals surface area contributed by atoms with E-state index in [2.05, 4.69) is 20.9 Å². The summed E-state index contributed by atoms with van der Waals surface area (Å²) in [5, 5.41) is 26.8. The summed E-state index contributed by atoms with van der Waals surface area (Å²) in [5.41, 5.74) is 23.4. The molecule has 0 radical (unpaired) electrons. The number of amides is 4. The summed E-state index contributed by atoms with van der Waals surface area (Å²) < 4.78 is 0. The van der Waals surface area contributed by atoms with Gasteiger partial charge in [-0.3, -0.25) is 24.2 Å². The topological polar surface area (TPSA) is 278 Å². The summed E-state index contributed by atoms with van der Waals surface area (Å²) >= 11 is 0. The second-order valence-corrected chi connectivity index (χ2v) is 10.1. The molecule has 2 rings (SSSR count). The molecule has 0 bridgehead atoms. The maximum atomic E-state index is 13.5. The number of hydrogen-bond donors (Lipinski definition) is 9. The van der Waals surface area contributed by atoms with Crippen LogP contribution in [0.2, 0.25) is 0 Å². The number of carboxylic acid groups (broad SMARTS) is 1. The van der Waals surface area contributed by atoms with Gasteiger partial charge in [-0.1, -0.05) is 42.5 Å². The Kier molecular flexibility index (Phi) is 14.1. The summed E-state index contributed by atoms with van der Waals surface area (Å²) in [6.07, 6.45) is -0.0764. The molecule has 4 unspecified atom stereocenters. The lowest BCUT2D eigenvalue weighted by Crippen LogP contribution is -2.57. The Morgan fingerprint density at radius 1 is 0.727 bits per heavy atom. The highest BCUT2D eigenvalue weighted by molar-refractivity contribution is 5.94. The van der Waals surface area contributed by atoms with Gasteiger partial charge in [-0.2, -0.15) is 0 Å². The maximum Gasteiger partial charge on any atom is 0.326 e. The fraction of sp³-hybridized carbons (Fsp3) is 0.379. The zero-order chi connectivity index (χ0) is 32.6. The van der Waals surface area contributed by atoms with E-state index >= 15 is 0 Å². The van der Waals surface area contributed by atoms with Crippen LogP contribution in [0.4, 0.5) is 0 Å². The molecule has 4 atom stereocenters. The van der Waals surface area contributed by atoms with Gasteiger partial charge in [0.1, 0.15) is 23.9 Å². The van der Waals surface area contributed by atoms with Crippen molar-refractivity contribution >= 4 is 35.6 Å². The normalized spacial score (nSPS) is 13.4. The zero-order valence-corrected chi connectivity index (χ0v) is 24.1. The Labute approximate surface area is 254 Å². The Morgan fingerprint density at radius 3 is 1.89 bits per heavy atom. The van der Waals surface area contributed by atoms with Crippen LogP contribution in [0.5, 0.6) is 5.75 Å². The second-order valence-electron chi connectivity index (χ2n) is 10.1. The molecule has 15 nitrogen and oxygen atoms in total. The van der Waals surface area contributed by atoms with Gasteiger partial charge in [0.05, 0.1) is 6.04 Å². The van der Waals surface area contributed by atoms with Crippen LogP contribution in [0, 0.1) is 0 Å². The highest BCUT2D eigenvalue weighted by atomic mass is 16.4. The van der Waals surface area contributed by atoms with Crippen LogP contribution < -0.4 is 38.9 Å². The van der Waals surface area contributed by atoms with Gasteiger partial charge in [-0.15, -0.1) is 0 Å². The van der Waals surface area contributed by atoms with Crippen LogP contribution in [0.15, 0.2) is 59.6 Å². The highest BCUT2D eigenvalue weighted by Gasteiger charge is 2.30. The molecule has 0 aliphatic heterocycles. The zero-order valence-electron chi connectivity index (χ0n) is 24.1. The molecule has 0 fully saturated rings. The lowest BCUT2D eigenvalue weighted by molar-refractivity contribution is -0.142. The average Bonchev–Trinajstić information content (AvgIpc) is 2.97. The minimum atomic E-state index is -1.46. The molecule has 0 heterocycles. The van der Waals surface area contributed by atoms with E-state index in [0.717, 1.165) is 5.56 Å². The molecule has 0 saturated heterocycles. The minimum Gasteiger partial charge on any atom is -0.508 e. The number of phenolic OH excluding ortho intramolecular Hbond substituents is 1. The van der Waals surface area contributed by atoms with E-state index in [-0.39, 0.29) is 56.8 Å². The van der Waals surface area contributed by atoms with Gasteiger partial charge in [-0.05, 0) is 48.9 Å². The summed E-state index contributed by atoms with van der Waals surface area (Å²) in [5.74, 6) is -4.50. The predicted octanol–water partition coefficient (Wildman–Crippen LogP) is -1.64. The number of rotatable bonds is 18. The second kappa shape index (κ2) is 17.7. The first-order valence-electron chi connectivity index (χ1n) is 13.9. The number of guanidine groups is 1. The molecule has 0 aliphatic rings. The van der Waals surface area contributed by atoms with Crippen molar-refractivity contribution in [1.29, 1.82) is 0 Å². The van der Waals surface area contributed by atoms with Crippen molar-refractivity contribution in [1.82, 2.24) is 16.0 Å². The Hall–Kier alpha value is -5.18. The van der Waals surface area contributed by atoms with Gasteiger partial charge >= 0.3 is 5.97 Å². The number of nitrogens with two attached hydrogens (primary N) is 4. The van der Waals surface area contributed by atoms with Crippen molar-refractivity contribution < 1.29 is 34.2 Å². The van der Waals surface area contributed by atoms with Crippen LogP contribution in [-0.4, -0.2) is 76.5 Å². The van der Waals surface area contributed by atoms with Crippen LogP contribution in [0.3, 0.4) is 0 Å². The number of carboxylic acids is 1. The summed E-state index contributed by atoms with van der Waals surface area (Å²) in [6, 6.07) is 10.00. The molecule has 2 aromatic rings. The number of nitrogens with one attached hydrogen (secondary N) is 3. The number of nitrogens with zero attached hydrogens (tertiary/aromatic N) is 1. The monoisotopic (exact) mass is 612 g/mol. The van der Waals surface area contributed by atoms with Crippen LogP contribution in [-0.2, 0) is 36.8 Å². The number of aliphatic imine (C=N–C) groups is 1. The Morgan fingerprint density at radius 2 is 1.30 bits per heavy atom. The standard InChI is InChI=1S/C29H40N8O7/c30-20(15-17-5-2-1-3-6-17)25(40)35-21(7-4-14-34-29(32)33)26(41)37-23(16-18-8-10-19(38)11-9-18)27(42)36-22(28(43)44)12-13-24(31)39/h1-3,5-6,8-11,20-23,38H,4,7,12-16,30H2,(H2,31,39)(H,35,40)(H,36,42)(H,37,41)(H,43,44)(H4,32,33,34). The Bertz CT molecular complexity index is 1300. The molecule has 15 heteroatoms. The third kappa shape index (κ3) is 12.8. The van der Waals surface area contributed by atoms with Crippen LogP contribution >= 0.6 is 0 Å².